The summed E-state index contributed by atoms with van der Waals surface area (Å²) in [7, 11) is 0. The lowest BCUT2D eigenvalue weighted by atomic mass is 10.1. The first kappa shape index (κ1) is 10.5. The molecule has 2 nitrogen and oxygen atoms in total. The lowest BCUT2D eigenvalue weighted by molar-refractivity contribution is 0.528. The van der Waals surface area contributed by atoms with Gasteiger partial charge in [0.15, 0.2) is 4.46 Å². The van der Waals surface area contributed by atoms with Crippen molar-refractivity contribution in [3.05, 3.63) is 0 Å². The maximum atomic E-state index is 5.55. The first-order valence-electron chi connectivity index (χ1n) is 3.40. The molecule has 0 aliphatic rings. The van der Waals surface area contributed by atoms with Gasteiger partial charge in [-0.15, -0.1) is 0 Å². The molecule has 0 aromatic rings. The molecule has 1 unspecified atom stereocenters. The van der Waals surface area contributed by atoms with Gasteiger partial charge in [-0.1, -0.05) is 43.0 Å². The summed E-state index contributed by atoms with van der Waals surface area (Å²) in [6.07, 6.45) is 2.87. The van der Waals surface area contributed by atoms with Crippen molar-refractivity contribution in [2.45, 2.75) is 36.7 Å². The summed E-state index contributed by atoms with van der Waals surface area (Å²) in [6.45, 7) is 2.08. The van der Waals surface area contributed by atoms with Crippen LogP contribution < -0.4 is 11.5 Å². The maximum absolute atomic E-state index is 5.55. The van der Waals surface area contributed by atoms with E-state index < -0.39 is 4.46 Å². The third-order valence-corrected chi connectivity index (χ3v) is 1.92. The summed E-state index contributed by atoms with van der Waals surface area (Å²) in [5.41, 5.74) is 10.9. The van der Waals surface area contributed by atoms with E-state index in [-0.39, 0.29) is 6.04 Å². The summed E-state index contributed by atoms with van der Waals surface area (Å²) in [6, 6.07) is -0.323. The van der Waals surface area contributed by atoms with E-state index in [0.29, 0.717) is 0 Å². The SMILES string of the molecule is CCCCC(N)C(N)(Cl)Cl. The normalized spacial score (nSPS) is 15.3. The van der Waals surface area contributed by atoms with Crippen LogP contribution in [0.3, 0.4) is 0 Å². The fourth-order valence-electron chi connectivity index (χ4n) is 0.616. The van der Waals surface area contributed by atoms with Crippen molar-refractivity contribution >= 4 is 23.2 Å². The van der Waals surface area contributed by atoms with Crippen molar-refractivity contribution < 1.29 is 0 Å². The molecule has 0 aromatic heterocycles. The molecule has 0 saturated heterocycles. The van der Waals surface area contributed by atoms with Crippen LogP contribution in [0.25, 0.3) is 0 Å². The molecule has 0 spiro atoms. The van der Waals surface area contributed by atoms with E-state index in [1.807, 2.05) is 0 Å². The van der Waals surface area contributed by atoms with Crippen molar-refractivity contribution in [2.24, 2.45) is 11.5 Å². The van der Waals surface area contributed by atoms with Crippen LogP contribution in [0.1, 0.15) is 26.2 Å². The van der Waals surface area contributed by atoms with Crippen LogP contribution in [0.5, 0.6) is 0 Å². The van der Waals surface area contributed by atoms with E-state index in [9.17, 15) is 0 Å². The molecule has 4 heteroatoms. The molecule has 0 aliphatic heterocycles. The van der Waals surface area contributed by atoms with E-state index in [2.05, 4.69) is 6.92 Å². The van der Waals surface area contributed by atoms with E-state index in [0.717, 1.165) is 19.3 Å². The summed E-state index contributed by atoms with van der Waals surface area (Å²) in [4.78, 5) is 0. The highest BCUT2D eigenvalue weighted by molar-refractivity contribution is 6.48. The predicted molar refractivity (Wildman–Crippen MR) is 46.1 cm³/mol. The Hall–Kier alpha value is 0.500. The van der Waals surface area contributed by atoms with Crippen LogP contribution in [0, 0.1) is 0 Å². The number of nitrogens with two attached hydrogens (primary N) is 2. The lowest BCUT2D eigenvalue weighted by Gasteiger charge is -2.21. The Morgan fingerprint density at radius 3 is 2.30 bits per heavy atom. The van der Waals surface area contributed by atoms with Gasteiger partial charge in [-0.25, -0.2) is 0 Å². The van der Waals surface area contributed by atoms with Crippen LogP contribution in [0.15, 0.2) is 0 Å². The number of hydrogen-bond donors (Lipinski definition) is 2. The average molecular weight is 185 g/mol. The minimum atomic E-state index is -1.27. The molecular formula is C6H14Cl2N2. The van der Waals surface area contributed by atoms with Gasteiger partial charge in [-0.2, -0.15) is 0 Å². The molecule has 4 N–H and O–H groups in total. The molecule has 0 amide bonds. The molecule has 0 bridgehead atoms. The van der Waals surface area contributed by atoms with Gasteiger partial charge in [0.2, 0.25) is 0 Å². The molecule has 0 heterocycles. The highest BCUT2D eigenvalue weighted by Crippen LogP contribution is 2.19. The molecule has 0 radical (unpaired) electrons. The van der Waals surface area contributed by atoms with Crippen molar-refractivity contribution in [1.82, 2.24) is 0 Å². The highest BCUT2D eigenvalue weighted by atomic mass is 35.5. The zero-order valence-electron chi connectivity index (χ0n) is 6.11. The fraction of sp³-hybridized carbons (Fsp3) is 1.00. The minimum Gasteiger partial charge on any atom is -0.324 e. The molecular weight excluding hydrogens is 171 g/mol. The highest BCUT2D eigenvalue weighted by Gasteiger charge is 2.25. The topological polar surface area (TPSA) is 52.0 Å². The van der Waals surface area contributed by atoms with Crippen molar-refractivity contribution in [1.29, 1.82) is 0 Å². The van der Waals surface area contributed by atoms with Gasteiger partial charge < -0.3 is 5.73 Å². The number of alkyl halides is 2. The van der Waals surface area contributed by atoms with Crippen LogP contribution >= 0.6 is 23.2 Å². The summed E-state index contributed by atoms with van der Waals surface area (Å²) < 4.78 is -1.27. The average Bonchev–Trinajstić information content (AvgIpc) is 1.80. The first-order chi connectivity index (χ1) is 4.48. The van der Waals surface area contributed by atoms with E-state index in [1.165, 1.54) is 0 Å². The van der Waals surface area contributed by atoms with Crippen molar-refractivity contribution in [3.63, 3.8) is 0 Å². The van der Waals surface area contributed by atoms with Gasteiger partial charge in [-0.3, -0.25) is 5.73 Å². The van der Waals surface area contributed by atoms with E-state index in [1.54, 1.807) is 0 Å². The number of rotatable bonds is 4. The third-order valence-electron chi connectivity index (χ3n) is 1.36. The minimum absolute atomic E-state index is 0.323. The molecule has 0 rings (SSSR count). The second kappa shape index (κ2) is 4.39. The lowest BCUT2D eigenvalue weighted by Crippen LogP contribution is -2.46. The zero-order valence-corrected chi connectivity index (χ0v) is 7.62. The van der Waals surface area contributed by atoms with Crippen LogP contribution in [-0.4, -0.2) is 10.5 Å². The van der Waals surface area contributed by atoms with Gasteiger partial charge in [0, 0.05) is 0 Å². The first-order valence-corrected chi connectivity index (χ1v) is 4.16. The van der Waals surface area contributed by atoms with Gasteiger partial charge in [0.1, 0.15) is 0 Å². The predicted octanol–water partition coefficient (Wildman–Crippen LogP) is 1.59. The third kappa shape index (κ3) is 4.34. The molecule has 62 valence electrons. The van der Waals surface area contributed by atoms with Crippen molar-refractivity contribution in [3.8, 4) is 0 Å². The van der Waals surface area contributed by atoms with E-state index >= 15 is 0 Å². The molecule has 0 saturated carbocycles. The summed E-state index contributed by atoms with van der Waals surface area (Å²) in [5, 5.41) is 0. The molecule has 0 fully saturated rings. The van der Waals surface area contributed by atoms with Gasteiger partial charge in [0.05, 0.1) is 6.04 Å². The van der Waals surface area contributed by atoms with Crippen molar-refractivity contribution in [2.75, 3.05) is 0 Å². The Morgan fingerprint density at radius 1 is 1.50 bits per heavy atom. The van der Waals surface area contributed by atoms with Crippen LogP contribution in [-0.2, 0) is 0 Å². The second-order valence-electron chi connectivity index (χ2n) is 2.42. The van der Waals surface area contributed by atoms with Crippen LogP contribution in [0.2, 0.25) is 0 Å². The number of hydrogen-bond acceptors (Lipinski definition) is 2. The van der Waals surface area contributed by atoms with Gasteiger partial charge >= 0.3 is 0 Å². The summed E-state index contributed by atoms with van der Waals surface area (Å²) >= 11 is 11.1. The Bertz CT molecular complexity index is 90.2. The Labute approximate surface area is 71.9 Å². The summed E-state index contributed by atoms with van der Waals surface area (Å²) in [5.74, 6) is 0. The Kier molecular flexibility index (Phi) is 4.61. The largest absolute Gasteiger partial charge is 0.324 e. The maximum Gasteiger partial charge on any atom is 0.181 e. The smallest absolute Gasteiger partial charge is 0.181 e. The standard InChI is InChI=1S/C6H14Cl2N2/c1-2-3-4-5(9)6(7,8)10/h5H,2-4,9-10H2,1H3. The monoisotopic (exact) mass is 184 g/mol. The second-order valence-corrected chi connectivity index (χ2v) is 3.87. The molecule has 0 aliphatic carbocycles. The van der Waals surface area contributed by atoms with Gasteiger partial charge in [0.25, 0.3) is 0 Å². The fourth-order valence-corrected chi connectivity index (χ4v) is 0.835. The number of unbranched alkanes of at least 4 members (excludes halogenated alkanes) is 1. The van der Waals surface area contributed by atoms with Gasteiger partial charge in [-0.05, 0) is 6.42 Å². The molecule has 0 aromatic carbocycles. The Balaban J connectivity index is 3.52. The molecule has 10 heavy (non-hydrogen) atoms. The molecule has 1 atom stereocenters. The van der Waals surface area contributed by atoms with E-state index in [4.69, 9.17) is 34.7 Å². The quantitative estimate of drug-likeness (QED) is 0.516. The number of halogens is 2. The van der Waals surface area contributed by atoms with Crippen LogP contribution in [0.4, 0.5) is 0 Å². The zero-order chi connectivity index (χ0) is 8.20. The Morgan fingerprint density at radius 2 is 2.00 bits per heavy atom.